The monoisotopic (exact) mass is 306 g/mol. The molecule has 2 aromatic rings. The number of carboxylic acid groups (broad SMARTS) is 1. The van der Waals surface area contributed by atoms with Crippen molar-refractivity contribution < 1.29 is 14.7 Å². The SMILES string of the molecule is O=C(O)CSc1nc2cnccc2n1CC1CCC(=O)N1. The molecular weight excluding hydrogens is 292 g/mol. The minimum Gasteiger partial charge on any atom is -0.481 e. The van der Waals surface area contributed by atoms with Crippen LogP contribution in [0.1, 0.15) is 12.8 Å². The van der Waals surface area contributed by atoms with E-state index in [1.165, 1.54) is 11.8 Å². The van der Waals surface area contributed by atoms with Crippen molar-refractivity contribution >= 4 is 34.7 Å². The van der Waals surface area contributed by atoms with E-state index in [4.69, 9.17) is 5.11 Å². The zero-order chi connectivity index (χ0) is 14.8. The molecule has 21 heavy (non-hydrogen) atoms. The number of imidazole rings is 1. The molecule has 0 aromatic carbocycles. The molecule has 0 aliphatic carbocycles. The normalized spacial score (nSPS) is 18.1. The highest BCUT2D eigenvalue weighted by atomic mass is 32.2. The predicted molar refractivity (Wildman–Crippen MR) is 77.1 cm³/mol. The molecule has 0 saturated carbocycles. The molecule has 1 aliphatic heterocycles. The second kappa shape index (κ2) is 5.72. The number of hydrogen-bond acceptors (Lipinski definition) is 5. The van der Waals surface area contributed by atoms with E-state index in [9.17, 15) is 9.59 Å². The molecule has 1 aliphatic rings. The van der Waals surface area contributed by atoms with Gasteiger partial charge in [0.2, 0.25) is 5.91 Å². The Labute approximate surface area is 124 Å². The van der Waals surface area contributed by atoms with Gasteiger partial charge in [0.1, 0.15) is 5.52 Å². The molecule has 110 valence electrons. The number of hydrogen-bond donors (Lipinski definition) is 2. The van der Waals surface area contributed by atoms with Gasteiger partial charge in [-0.15, -0.1) is 0 Å². The lowest BCUT2D eigenvalue weighted by Crippen LogP contribution is -2.29. The molecule has 0 bridgehead atoms. The molecule has 1 fully saturated rings. The Kier molecular flexibility index (Phi) is 3.78. The number of nitrogens with zero attached hydrogens (tertiary/aromatic N) is 3. The maximum Gasteiger partial charge on any atom is 0.313 e. The number of thioether (sulfide) groups is 1. The topological polar surface area (TPSA) is 97.1 Å². The summed E-state index contributed by atoms with van der Waals surface area (Å²) in [4.78, 5) is 30.5. The lowest BCUT2D eigenvalue weighted by molar-refractivity contribution is -0.133. The Balaban J connectivity index is 1.91. The zero-order valence-electron chi connectivity index (χ0n) is 11.2. The predicted octanol–water partition coefficient (Wildman–Crippen LogP) is 0.887. The van der Waals surface area contributed by atoms with E-state index in [2.05, 4.69) is 15.3 Å². The highest BCUT2D eigenvalue weighted by Gasteiger charge is 2.23. The van der Waals surface area contributed by atoms with Gasteiger partial charge in [-0.05, 0) is 12.5 Å². The Bertz CT molecular complexity index is 700. The molecule has 0 radical (unpaired) electrons. The molecular formula is C13H14N4O3S. The van der Waals surface area contributed by atoms with Crippen molar-refractivity contribution in [3.63, 3.8) is 0 Å². The van der Waals surface area contributed by atoms with Crippen LogP contribution in [0.2, 0.25) is 0 Å². The number of carbonyl (C=O) groups is 2. The average molecular weight is 306 g/mol. The van der Waals surface area contributed by atoms with E-state index in [0.29, 0.717) is 18.1 Å². The fourth-order valence-corrected chi connectivity index (χ4v) is 3.15. The summed E-state index contributed by atoms with van der Waals surface area (Å²) in [5, 5.41) is 12.4. The number of aromatic nitrogens is 3. The summed E-state index contributed by atoms with van der Waals surface area (Å²) in [5.74, 6) is -0.870. The standard InChI is InChI=1S/C13H14N4O3S/c18-11-2-1-8(15-11)6-17-10-3-4-14-5-9(10)16-13(17)21-7-12(19)20/h3-5,8H,1-2,6-7H2,(H,15,18)(H,19,20). The Morgan fingerprint density at radius 3 is 3.14 bits per heavy atom. The Morgan fingerprint density at radius 1 is 1.57 bits per heavy atom. The molecule has 0 spiro atoms. The lowest BCUT2D eigenvalue weighted by Gasteiger charge is -2.13. The van der Waals surface area contributed by atoms with Gasteiger partial charge in [-0.25, -0.2) is 4.98 Å². The first kappa shape index (κ1) is 13.9. The van der Waals surface area contributed by atoms with Crippen LogP contribution in [0.5, 0.6) is 0 Å². The number of amides is 1. The van der Waals surface area contributed by atoms with Crippen molar-refractivity contribution in [2.75, 3.05) is 5.75 Å². The molecule has 2 N–H and O–H groups in total. The average Bonchev–Trinajstić information content (AvgIpc) is 3.01. The molecule has 3 heterocycles. The van der Waals surface area contributed by atoms with E-state index in [-0.39, 0.29) is 17.7 Å². The van der Waals surface area contributed by atoms with Crippen molar-refractivity contribution in [2.24, 2.45) is 0 Å². The quantitative estimate of drug-likeness (QED) is 0.796. The van der Waals surface area contributed by atoms with Crippen molar-refractivity contribution in [3.05, 3.63) is 18.5 Å². The van der Waals surface area contributed by atoms with Crippen LogP contribution < -0.4 is 5.32 Å². The first-order valence-electron chi connectivity index (χ1n) is 6.57. The summed E-state index contributed by atoms with van der Waals surface area (Å²) in [6.45, 7) is 0.591. The molecule has 8 heteroatoms. The molecule has 3 rings (SSSR count). The van der Waals surface area contributed by atoms with Gasteiger partial charge in [-0.3, -0.25) is 14.6 Å². The third kappa shape index (κ3) is 2.99. The Hall–Kier alpha value is -2.09. The van der Waals surface area contributed by atoms with Crippen molar-refractivity contribution in [1.82, 2.24) is 19.9 Å². The second-order valence-electron chi connectivity index (χ2n) is 4.85. The molecule has 1 saturated heterocycles. The smallest absolute Gasteiger partial charge is 0.313 e. The van der Waals surface area contributed by atoms with Crippen molar-refractivity contribution in [2.45, 2.75) is 30.6 Å². The third-order valence-corrected chi connectivity index (χ3v) is 4.29. The number of carbonyl (C=O) groups excluding carboxylic acids is 1. The number of nitrogens with one attached hydrogen (secondary N) is 1. The van der Waals surface area contributed by atoms with Gasteiger partial charge in [0, 0.05) is 25.2 Å². The Morgan fingerprint density at radius 2 is 2.43 bits per heavy atom. The van der Waals surface area contributed by atoms with Crippen LogP contribution in [0.4, 0.5) is 0 Å². The van der Waals surface area contributed by atoms with Crippen LogP contribution >= 0.6 is 11.8 Å². The largest absolute Gasteiger partial charge is 0.481 e. The number of pyridine rings is 1. The van der Waals surface area contributed by atoms with Gasteiger partial charge in [-0.2, -0.15) is 0 Å². The number of fused-ring (bicyclic) bond motifs is 1. The van der Waals surface area contributed by atoms with E-state index in [0.717, 1.165) is 17.5 Å². The highest BCUT2D eigenvalue weighted by molar-refractivity contribution is 7.99. The van der Waals surface area contributed by atoms with Gasteiger partial charge < -0.3 is 15.0 Å². The summed E-state index contributed by atoms with van der Waals surface area (Å²) in [7, 11) is 0. The maximum atomic E-state index is 11.3. The van der Waals surface area contributed by atoms with Gasteiger partial charge in [-0.1, -0.05) is 11.8 Å². The van der Waals surface area contributed by atoms with Crippen molar-refractivity contribution in [1.29, 1.82) is 0 Å². The van der Waals surface area contributed by atoms with Gasteiger partial charge in [0.15, 0.2) is 5.16 Å². The number of rotatable bonds is 5. The molecule has 7 nitrogen and oxygen atoms in total. The minimum atomic E-state index is -0.883. The van der Waals surface area contributed by atoms with E-state index < -0.39 is 5.97 Å². The van der Waals surface area contributed by atoms with Crippen LogP contribution in [0.25, 0.3) is 11.0 Å². The fraction of sp³-hybridized carbons (Fsp3) is 0.385. The third-order valence-electron chi connectivity index (χ3n) is 3.33. The summed E-state index contributed by atoms with van der Waals surface area (Å²) < 4.78 is 1.96. The van der Waals surface area contributed by atoms with Crippen LogP contribution in [-0.2, 0) is 16.1 Å². The first-order chi connectivity index (χ1) is 10.1. The fourth-order valence-electron chi connectivity index (χ4n) is 2.41. The summed E-state index contributed by atoms with van der Waals surface area (Å²) in [6.07, 6.45) is 4.66. The van der Waals surface area contributed by atoms with Gasteiger partial charge in [0.05, 0.1) is 17.5 Å². The molecule has 1 unspecified atom stereocenters. The van der Waals surface area contributed by atoms with Gasteiger partial charge >= 0.3 is 5.97 Å². The lowest BCUT2D eigenvalue weighted by atomic mass is 10.2. The van der Waals surface area contributed by atoms with E-state index in [1.807, 2.05) is 10.6 Å². The summed E-state index contributed by atoms with van der Waals surface area (Å²) in [6, 6.07) is 1.91. The summed E-state index contributed by atoms with van der Waals surface area (Å²) in [5.41, 5.74) is 1.63. The van der Waals surface area contributed by atoms with E-state index >= 15 is 0 Å². The number of aliphatic carboxylic acids is 1. The van der Waals surface area contributed by atoms with Gasteiger partial charge in [0.25, 0.3) is 0 Å². The minimum absolute atomic E-state index is 0.0478. The maximum absolute atomic E-state index is 11.3. The van der Waals surface area contributed by atoms with Crippen molar-refractivity contribution in [3.8, 4) is 0 Å². The van der Waals surface area contributed by atoms with E-state index in [1.54, 1.807) is 12.4 Å². The molecule has 1 atom stereocenters. The molecule has 2 aromatic heterocycles. The summed E-state index contributed by atoms with van der Waals surface area (Å²) >= 11 is 1.18. The number of carboxylic acids is 1. The zero-order valence-corrected chi connectivity index (χ0v) is 12.0. The van der Waals surface area contributed by atoms with Crippen LogP contribution in [0.15, 0.2) is 23.6 Å². The van der Waals surface area contributed by atoms with Crippen LogP contribution in [0, 0.1) is 0 Å². The molecule has 1 amide bonds. The van der Waals surface area contributed by atoms with Crippen LogP contribution in [-0.4, -0.2) is 43.3 Å². The highest BCUT2D eigenvalue weighted by Crippen LogP contribution is 2.25. The first-order valence-corrected chi connectivity index (χ1v) is 7.56. The van der Waals surface area contributed by atoms with Crippen LogP contribution in [0.3, 0.4) is 0 Å². The second-order valence-corrected chi connectivity index (χ2v) is 5.80.